The summed E-state index contributed by atoms with van der Waals surface area (Å²) < 4.78 is 66.5. The van der Waals surface area contributed by atoms with Crippen LogP contribution in [0.25, 0.3) is 0 Å². The second-order valence-electron chi connectivity index (χ2n) is 2.76. The highest BCUT2D eigenvalue weighted by atomic mass is 79.9. The molecule has 0 aliphatic heterocycles. The van der Waals surface area contributed by atoms with E-state index in [0.29, 0.717) is 6.07 Å². The summed E-state index contributed by atoms with van der Waals surface area (Å²) in [4.78, 5) is -2.02. The maximum Gasteiger partial charge on any atom is 0.313 e. The van der Waals surface area contributed by atoms with Crippen LogP contribution in [0.5, 0.6) is 5.75 Å². The van der Waals surface area contributed by atoms with Gasteiger partial charge in [0.05, 0.1) is 7.11 Å². The van der Waals surface area contributed by atoms with Crippen molar-refractivity contribution in [1.82, 2.24) is 0 Å². The van der Waals surface area contributed by atoms with Crippen LogP contribution in [-0.2, 0) is 0 Å². The van der Waals surface area contributed by atoms with Gasteiger partial charge in [-0.05, 0) is 18.2 Å². The normalized spacial score (nSPS) is 16.7. The van der Waals surface area contributed by atoms with Gasteiger partial charge in [-0.1, -0.05) is 35.4 Å². The fraction of sp³-hybridized carbons (Fsp3) is 0.143. The van der Waals surface area contributed by atoms with Crippen LogP contribution in [0.2, 0.25) is 0 Å². The van der Waals surface area contributed by atoms with Crippen LogP contribution in [0.1, 0.15) is 0 Å². The van der Waals surface area contributed by atoms with Crippen LogP contribution in [-0.4, -0.2) is 7.11 Å². The highest BCUT2D eigenvalue weighted by molar-refractivity contribution is 9.10. The minimum atomic E-state index is -9.69. The number of methoxy groups -OCH3 is 1. The first-order valence-electron chi connectivity index (χ1n) is 3.52. The van der Waals surface area contributed by atoms with Crippen molar-refractivity contribution in [3.8, 4) is 5.75 Å². The van der Waals surface area contributed by atoms with E-state index in [1.807, 2.05) is 0 Å². The molecule has 0 spiro atoms. The van der Waals surface area contributed by atoms with Gasteiger partial charge in [-0.3, -0.25) is 0 Å². The molecule has 0 saturated heterocycles. The number of hydrogen-bond donors (Lipinski definition) is 0. The summed E-state index contributed by atoms with van der Waals surface area (Å²) in [6.07, 6.45) is 0. The Hall–Kier alpha value is -0.500. The molecule has 0 bridgehead atoms. The summed E-state index contributed by atoms with van der Waals surface area (Å²) in [5, 5.41) is 0. The lowest BCUT2D eigenvalue weighted by Crippen LogP contribution is -2.08. The Morgan fingerprint density at radius 2 is 1.67 bits per heavy atom. The minimum absolute atomic E-state index is 0.0912. The highest BCUT2D eigenvalue weighted by Gasteiger charge is 2.67. The van der Waals surface area contributed by atoms with Crippen LogP contribution < -0.4 is 4.74 Å². The number of rotatable bonds is 2. The van der Waals surface area contributed by atoms with Crippen LogP contribution in [0.4, 0.5) is 19.4 Å². The topological polar surface area (TPSA) is 9.23 Å². The Morgan fingerprint density at radius 3 is 2.07 bits per heavy atom. The van der Waals surface area contributed by atoms with E-state index in [4.69, 9.17) is 0 Å². The number of hydrogen-bond acceptors (Lipinski definition) is 1. The molecule has 1 aromatic carbocycles. The maximum absolute atomic E-state index is 12.5. The molecule has 15 heavy (non-hydrogen) atoms. The second kappa shape index (κ2) is 2.79. The molecule has 0 unspecified atom stereocenters. The van der Waals surface area contributed by atoms with E-state index in [9.17, 15) is 19.4 Å². The summed E-state index contributed by atoms with van der Waals surface area (Å²) in [6.45, 7) is 0. The Bertz CT molecular complexity index is 401. The average molecular weight is 313 g/mol. The molecule has 0 aliphatic rings. The molecular weight excluding hydrogens is 307 g/mol. The van der Waals surface area contributed by atoms with Crippen molar-refractivity contribution >= 4 is 26.2 Å². The second-order valence-corrected chi connectivity index (χ2v) is 6.06. The summed E-state index contributed by atoms with van der Waals surface area (Å²) in [7, 11) is -8.79. The molecule has 0 atom stereocenters. The first-order chi connectivity index (χ1) is 6.44. The van der Waals surface area contributed by atoms with E-state index in [-0.39, 0.29) is 4.47 Å². The van der Waals surface area contributed by atoms with Crippen molar-refractivity contribution in [3.05, 3.63) is 22.7 Å². The zero-order chi connectivity index (χ0) is 12.0. The van der Waals surface area contributed by atoms with Crippen LogP contribution >= 0.6 is 26.2 Å². The van der Waals surface area contributed by atoms with Crippen LogP contribution in [0, 0.1) is 0 Å². The molecule has 88 valence electrons. The van der Waals surface area contributed by atoms with Crippen LogP contribution in [0.15, 0.2) is 27.6 Å². The quantitative estimate of drug-likeness (QED) is 0.689. The van der Waals surface area contributed by atoms with Gasteiger partial charge in [-0.25, -0.2) is 0 Å². The smallest absolute Gasteiger partial charge is 0.313 e. The number of halogens is 6. The van der Waals surface area contributed by atoms with Gasteiger partial charge in [0.1, 0.15) is 10.6 Å². The molecule has 0 fully saturated rings. The molecule has 1 nitrogen and oxygen atoms in total. The lowest BCUT2D eigenvalue weighted by atomic mass is 10.3. The first kappa shape index (κ1) is 12.6. The zero-order valence-electron chi connectivity index (χ0n) is 7.32. The molecule has 0 aliphatic carbocycles. The molecule has 0 aromatic heterocycles. The van der Waals surface area contributed by atoms with Crippen LogP contribution in [0.3, 0.4) is 0 Å². The van der Waals surface area contributed by atoms with Gasteiger partial charge in [0.25, 0.3) is 0 Å². The largest absolute Gasteiger partial charge is 0.495 e. The lowest BCUT2D eigenvalue weighted by Gasteiger charge is -2.41. The van der Waals surface area contributed by atoms with E-state index in [1.54, 1.807) is 0 Å². The van der Waals surface area contributed by atoms with Gasteiger partial charge in [0, 0.05) is 4.47 Å². The Kier molecular flexibility index (Phi) is 2.34. The molecule has 0 heterocycles. The third-order valence-corrected chi connectivity index (χ3v) is 3.18. The van der Waals surface area contributed by atoms with Gasteiger partial charge < -0.3 is 4.74 Å². The fourth-order valence-electron chi connectivity index (χ4n) is 0.952. The predicted octanol–water partition coefficient (Wildman–Crippen LogP) is 5.12. The average Bonchev–Trinajstić information content (AvgIpc) is 2.00. The van der Waals surface area contributed by atoms with Crippen molar-refractivity contribution in [1.29, 1.82) is 0 Å². The van der Waals surface area contributed by atoms with E-state index in [2.05, 4.69) is 20.7 Å². The zero-order valence-corrected chi connectivity index (χ0v) is 9.72. The summed E-state index contributed by atoms with van der Waals surface area (Å²) in [5.41, 5.74) is 0. The summed E-state index contributed by atoms with van der Waals surface area (Å²) in [5.74, 6) is -0.891. The van der Waals surface area contributed by atoms with Crippen molar-refractivity contribution in [2.45, 2.75) is 4.90 Å². The molecule has 8 heteroatoms. The van der Waals surface area contributed by atoms with Gasteiger partial charge in [-0.2, -0.15) is 0 Å². The Morgan fingerprint density at radius 1 is 1.13 bits per heavy atom. The molecule has 1 rings (SSSR count). The van der Waals surface area contributed by atoms with E-state index >= 15 is 0 Å². The van der Waals surface area contributed by atoms with Crippen molar-refractivity contribution in [2.24, 2.45) is 0 Å². The van der Waals surface area contributed by atoms with Gasteiger partial charge in [0.15, 0.2) is 0 Å². The third kappa shape index (κ3) is 2.97. The molecular formula is C7H6BrF5OS. The van der Waals surface area contributed by atoms with Gasteiger partial charge in [0.2, 0.25) is 0 Å². The van der Waals surface area contributed by atoms with Crippen molar-refractivity contribution in [2.75, 3.05) is 7.11 Å². The first-order valence-corrected chi connectivity index (χ1v) is 6.26. The molecule has 0 radical (unpaired) electrons. The molecule has 0 N–H and O–H groups in total. The fourth-order valence-corrected chi connectivity index (χ4v) is 2.35. The number of benzene rings is 1. The van der Waals surface area contributed by atoms with Crippen molar-refractivity contribution in [3.63, 3.8) is 0 Å². The number of ether oxygens (including phenoxy) is 1. The standard InChI is InChI=1S/C7H6BrF5OS/c1-14-6-3-2-5(8)4-7(6)15(9,10,11,12)13/h2-4H,1H3. The van der Waals surface area contributed by atoms with E-state index < -0.39 is 20.9 Å². The van der Waals surface area contributed by atoms with Gasteiger partial charge in [-0.15, -0.1) is 0 Å². The van der Waals surface area contributed by atoms with E-state index in [0.717, 1.165) is 13.2 Å². The monoisotopic (exact) mass is 312 g/mol. The molecule has 0 amide bonds. The molecule has 1 aromatic rings. The Balaban J connectivity index is 3.57. The highest BCUT2D eigenvalue weighted by Crippen LogP contribution is 3.03. The van der Waals surface area contributed by atoms with Crippen molar-refractivity contribution < 1.29 is 24.2 Å². The Labute approximate surface area is 91.1 Å². The minimum Gasteiger partial charge on any atom is -0.495 e. The van der Waals surface area contributed by atoms with Gasteiger partial charge >= 0.3 is 10.2 Å². The van der Waals surface area contributed by atoms with E-state index in [1.165, 1.54) is 6.07 Å². The lowest BCUT2D eigenvalue weighted by molar-refractivity contribution is 0.344. The predicted molar refractivity (Wildman–Crippen MR) is 52.1 cm³/mol. The third-order valence-electron chi connectivity index (χ3n) is 1.54. The maximum atomic E-state index is 12.5. The SMILES string of the molecule is COc1ccc(Br)cc1S(F)(F)(F)(F)F. The molecule has 0 saturated carbocycles. The summed E-state index contributed by atoms with van der Waals surface area (Å²) >= 11 is 2.70. The summed E-state index contributed by atoms with van der Waals surface area (Å²) in [6, 6.07) is 2.32.